The Labute approximate surface area is 170 Å². The Hall–Kier alpha value is -3.68. The van der Waals surface area contributed by atoms with E-state index in [0.717, 1.165) is 23.6 Å². The summed E-state index contributed by atoms with van der Waals surface area (Å²) in [5, 5.41) is 11.0. The molecule has 2 aromatic heterocycles. The summed E-state index contributed by atoms with van der Waals surface area (Å²) < 4.78 is 40.3. The number of benzene rings is 2. The summed E-state index contributed by atoms with van der Waals surface area (Å²) in [7, 11) is 0. The third-order valence-electron chi connectivity index (χ3n) is 4.71. The molecule has 0 saturated heterocycles. The molecule has 1 N–H and O–H groups in total. The number of rotatable bonds is 5. The van der Waals surface area contributed by atoms with Crippen LogP contribution >= 0.6 is 0 Å². The maximum Gasteiger partial charge on any atom is 0.416 e. The molecule has 0 aliphatic rings. The third-order valence-corrected chi connectivity index (χ3v) is 4.71. The van der Waals surface area contributed by atoms with Crippen molar-refractivity contribution in [2.45, 2.75) is 12.6 Å². The molecule has 0 radical (unpaired) electrons. The molecule has 8 heteroatoms. The molecule has 4 aromatic rings. The van der Waals surface area contributed by atoms with Crippen molar-refractivity contribution in [1.82, 2.24) is 19.9 Å². The lowest BCUT2D eigenvalue weighted by Gasteiger charge is -2.12. The predicted molar refractivity (Wildman–Crippen MR) is 106 cm³/mol. The van der Waals surface area contributed by atoms with Crippen LogP contribution < -0.4 is 5.32 Å². The van der Waals surface area contributed by atoms with Crippen LogP contribution in [0.5, 0.6) is 0 Å². The number of nitrogens with zero attached hydrogens (tertiary/aromatic N) is 3. The highest BCUT2D eigenvalue weighted by Crippen LogP contribution is 2.31. The van der Waals surface area contributed by atoms with Crippen LogP contribution in [0.2, 0.25) is 0 Å². The quantitative estimate of drug-likeness (QED) is 0.531. The smallest absolute Gasteiger partial charge is 0.352 e. The van der Waals surface area contributed by atoms with Crippen LogP contribution in [0.1, 0.15) is 21.7 Å². The van der Waals surface area contributed by atoms with Crippen molar-refractivity contribution in [2.75, 3.05) is 6.54 Å². The number of amides is 1. The maximum atomic E-state index is 12.8. The number of nitrogens with one attached hydrogen (secondary N) is 1. The molecule has 2 heterocycles. The molecule has 0 fully saturated rings. The van der Waals surface area contributed by atoms with Gasteiger partial charge in [0.25, 0.3) is 5.91 Å². The lowest BCUT2D eigenvalue weighted by atomic mass is 9.98. The fourth-order valence-corrected chi connectivity index (χ4v) is 3.22. The Morgan fingerprint density at radius 3 is 2.43 bits per heavy atom. The first-order chi connectivity index (χ1) is 14.4. The fraction of sp³-hybridized carbons (Fsp3) is 0.136. The first-order valence-electron chi connectivity index (χ1n) is 9.27. The fourth-order valence-electron chi connectivity index (χ4n) is 3.22. The van der Waals surface area contributed by atoms with E-state index in [0.29, 0.717) is 29.7 Å². The van der Waals surface area contributed by atoms with E-state index in [2.05, 4.69) is 15.5 Å². The molecule has 0 saturated carbocycles. The van der Waals surface area contributed by atoms with Gasteiger partial charge < -0.3 is 5.32 Å². The van der Waals surface area contributed by atoms with E-state index < -0.39 is 11.7 Å². The number of hydrogen-bond acceptors (Lipinski definition) is 3. The van der Waals surface area contributed by atoms with Gasteiger partial charge in [-0.3, -0.25) is 9.20 Å². The van der Waals surface area contributed by atoms with Crippen molar-refractivity contribution < 1.29 is 18.0 Å². The number of halogens is 3. The van der Waals surface area contributed by atoms with Gasteiger partial charge in [0.15, 0.2) is 5.65 Å². The van der Waals surface area contributed by atoms with Gasteiger partial charge in [-0.2, -0.15) is 13.2 Å². The average molecular weight is 410 g/mol. The minimum atomic E-state index is -4.40. The van der Waals surface area contributed by atoms with Crippen LogP contribution in [0.15, 0.2) is 72.9 Å². The van der Waals surface area contributed by atoms with Crippen molar-refractivity contribution in [3.8, 4) is 11.1 Å². The van der Waals surface area contributed by atoms with Gasteiger partial charge in [-0.05, 0) is 41.5 Å². The van der Waals surface area contributed by atoms with E-state index >= 15 is 0 Å². The van der Waals surface area contributed by atoms with E-state index in [9.17, 15) is 18.0 Å². The second-order valence-corrected chi connectivity index (χ2v) is 6.67. The van der Waals surface area contributed by atoms with Gasteiger partial charge in [0.1, 0.15) is 5.82 Å². The molecule has 0 aliphatic heterocycles. The molecule has 0 unspecified atom stereocenters. The Bertz CT molecular complexity index is 1180. The first kappa shape index (κ1) is 19.6. The summed E-state index contributed by atoms with van der Waals surface area (Å²) in [4.78, 5) is 12.7. The summed E-state index contributed by atoms with van der Waals surface area (Å²) >= 11 is 0. The number of fused-ring (bicyclic) bond motifs is 1. The van der Waals surface area contributed by atoms with Gasteiger partial charge in [-0.1, -0.05) is 36.4 Å². The molecule has 0 aliphatic carbocycles. The molecule has 2 aromatic carbocycles. The lowest BCUT2D eigenvalue weighted by molar-refractivity contribution is -0.137. The second-order valence-electron chi connectivity index (χ2n) is 6.67. The number of carbonyl (C=O) groups excluding carboxylic acids is 1. The number of carbonyl (C=O) groups is 1. The van der Waals surface area contributed by atoms with Crippen molar-refractivity contribution in [1.29, 1.82) is 0 Å². The largest absolute Gasteiger partial charge is 0.416 e. The number of pyridine rings is 1. The summed E-state index contributed by atoms with van der Waals surface area (Å²) in [5.41, 5.74) is 1.50. The molecule has 5 nitrogen and oxygen atoms in total. The number of aromatic nitrogens is 3. The highest BCUT2D eigenvalue weighted by Gasteiger charge is 2.30. The zero-order valence-corrected chi connectivity index (χ0v) is 15.7. The van der Waals surface area contributed by atoms with Crippen molar-refractivity contribution in [3.63, 3.8) is 0 Å². The Morgan fingerprint density at radius 2 is 1.67 bits per heavy atom. The van der Waals surface area contributed by atoms with E-state index in [1.165, 1.54) is 12.1 Å². The SMILES string of the molecule is O=C(NCCc1nnc2ccccn12)c1ccccc1-c1ccc(C(F)(F)F)cc1. The van der Waals surface area contributed by atoms with Gasteiger partial charge in [-0.25, -0.2) is 0 Å². The summed E-state index contributed by atoms with van der Waals surface area (Å²) in [6, 6.07) is 17.2. The molecule has 30 heavy (non-hydrogen) atoms. The van der Waals surface area contributed by atoms with Crippen molar-refractivity contribution in [3.05, 3.63) is 89.9 Å². The lowest BCUT2D eigenvalue weighted by Crippen LogP contribution is -2.26. The van der Waals surface area contributed by atoms with Crippen LogP contribution in [-0.4, -0.2) is 27.0 Å². The Kier molecular flexibility index (Phi) is 5.22. The topological polar surface area (TPSA) is 59.3 Å². The standard InChI is InChI=1S/C22H17F3N4O/c23-22(24,25)16-10-8-15(9-11-16)17-5-1-2-6-18(17)21(30)26-13-12-20-28-27-19-7-3-4-14-29(19)20/h1-11,14H,12-13H2,(H,26,30). The average Bonchev–Trinajstić information content (AvgIpc) is 3.16. The van der Waals surface area contributed by atoms with Crippen LogP contribution in [0.4, 0.5) is 13.2 Å². The van der Waals surface area contributed by atoms with E-state index in [-0.39, 0.29) is 5.91 Å². The van der Waals surface area contributed by atoms with Crippen molar-refractivity contribution in [2.24, 2.45) is 0 Å². The molecular weight excluding hydrogens is 393 g/mol. The first-order valence-corrected chi connectivity index (χ1v) is 9.27. The van der Waals surface area contributed by atoms with Gasteiger partial charge in [0.05, 0.1) is 5.56 Å². The second kappa shape index (κ2) is 7.98. The predicted octanol–water partition coefficient (Wildman–Crippen LogP) is 4.39. The van der Waals surface area contributed by atoms with Gasteiger partial charge in [0.2, 0.25) is 0 Å². The monoisotopic (exact) mass is 410 g/mol. The van der Waals surface area contributed by atoms with Crippen molar-refractivity contribution >= 4 is 11.6 Å². The minimum absolute atomic E-state index is 0.306. The van der Waals surface area contributed by atoms with E-state index in [1.54, 1.807) is 24.3 Å². The van der Waals surface area contributed by atoms with Crippen LogP contribution in [0.25, 0.3) is 16.8 Å². The highest BCUT2D eigenvalue weighted by atomic mass is 19.4. The van der Waals surface area contributed by atoms with Crippen LogP contribution in [0, 0.1) is 0 Å². The molecule has 152 valence electrons. The molecular formula is C22H17F3N4O. The van der Waals surface area contributed by atoms with Crippen LogP contribution in [0.3, 0.4) is 0 Å². The third kappa shape index (κ3) is 4.03. The maximum absolute atomic E-state index is 12.8. The summed E-state index contributed by atoms with van der Waals surface area (Å²) in [6.45, 7) is 0.343. The molecule has 0 spiro atoms. The molecule has 1 amide bonds. The Morgan fingerprint density at radius 1 is 0.933 bits per heavy atom. The van der Waals surface area contributed by atoms with Gasteiger partial charge in [0, 0.05) is 24.7 Å². The normalized spacial score (nSPS) is 11.6. The van der Waals surface area contributed by atoms with Crippen LogP contribution in [-0.2, 0) is 12.6 Å². The zero-order valence-electron chi connectivity index (χ0n) is 15.7. The van der Waals surface area contributed by atoms with E-state index in [1.807, 2.05) is 28.8 Å². The summed E-state index contributed by atoms with van der Waals surface area (Å²) in [6.07, 6.45) is -2.06. The summed E-state index contributed by atoms with van der Waals surface area (Å²) in [5.74, 6) is 0.418. The molecule has 0 bridgehead atoms. The highest BCUT2D eigenvalue weighted by molar-refractivity contribution is 6.00. The van der Waals surface area contributed by atoms with Gasteiger partial charge in [-0.15, -0.1) is 10.2 Å². The number of alkyl halides is 3. The van der Waals surface area contributed by atoms with Gasteiger partial charge >= 0.3 is 6.18 Å². The zero-order chi connectivity index (χ0) is 21.1. The molecule has 0 atom stereocenters. The molecule has 4 rings (SSSR count). The Balaban J connectivity index is 1.48. The van der Waals surface area contributed by atoms with E-state index in [4.69, 9.17) is 0 Å². The number of hydrogen-bond donors (Lipinski definition) is 1. The minimum Gasteiger partial charge on any atom is -0.352 e.